The Morgan fingerprint density at radius 2 is 1.53 bits per heavy atom. The molecule has 2 N–H and O–H groups in total. The summed E-state index contributed by atoms with van der Waals surface area (Å²) >= 11 is 0. The van der Waals surface area contributed by atoms with E-state index in [1.54, 1.807) is 18.2 Å². The fourth-order valence-corrected chi connectivity index (χ4v) is 1.78. The van der Waals surface area contributed by atoms with Crippen molar-refractivity contribution in [2.75, 3.05) is 5.73 Å². The van der Waals surface area contributed by atoms with Gasteiger partial charge in [0, 0.05) is 16.8 Å². The molecular formula is C16H15N3. The molecule has 0 aromatic heterocycles. The van der Waals surface area contributed by atoms with Gasteiger partial charge in [-0.05, 0) is 24.3 Å². The third-order valence-electron chi connectivity index (χ3n) is 2.74. The topological polar surface area (TPSA) is 50.7 Å². The first-order valence-electron chi connectivity index (χ1n) is 5.90. The van der Waals surface area contributed by atoms with Gasteiger partial charge in [-0.25, -0.2) is 0 Å². The molecule has 0 aliphatic heterocycles. The molecule has 2 aromatic rings. The van der Waals surface area contributed by atoms with Crippen molar-refractivity contribution in [1.82, 2.24) is 0 Å². The summed E-state index contributed by atoms with van der Waals surface area (Å²) in [5, 5.41) is 8.44. The van der Waals surface area contributed by atoms with Gasteiger partial charge < -0.3 is 5.73 Å². The lowest BCUT2D eigenvalue weighted by atomic mass is 10.0. The summed E-state index contributed by atoms with van der Waals surface area (Å²) in [6, 6.07) is 13.2. The molecular weight excluding hydrogens is 234 g/mol. The number of benzene rings is 2. The summed E-state index contributed by atoms with van der Waals surface area (Å²) in [6.07, 6.45) is 3.42. The first kappa shape index (κ1) is 12.8. The molecule has 0 spiro atoms. The van der Waals surface area contributed by atoms with Crippen LogP contribution in [0.5, 0.6) is 0 Å². The predicted octanol–water partition coefficient (Wildman–Crippen LogP) is 4.97. The summed E-state index contributed by atoms with van der Waals surface area (Å²) in [7, 11) is 0. The highest BCUT2D eigenvalue weighted by Crippen LogP contribution is 2.30. The number of azo groups is 1. The zero-order chi connectivity index (χ0) is 13.7. The third-order valence-corrected chi connectivity index (χ3v) is 2.74. The van der Waals surface area contributed by atoms with Crippen molar-refractivity contribution in [3.05, 3.63) is 66.7 Å². The first-order chi connectivity index (χ1) is 9.26. The Labute approximate surface area is 112 Å². The second-order valence-corrected chi connectivity index (χ2v) is 3.95. The smallest absolute Gasteiger partial charge is 0.0936 e. The molecule has 0 saturated carbocycles. The maximum Gasteiger partial charge on any atom is 0.0936 e. The van der Waals surface area contributed by atoms with Gasteiger partial charge in [0.05, 0.1) is 11.4 Å². The van der Waals surface area contributed by atoms with Crippen molar-refractivity contribution in [2.45, 2.75) is 0 Å². The highest BCUT2D eigenvalue weighted by Gasteiger charge is 2.06. The standard InChI is InChI=1S/C16H15N3/c1-3-13-14(4-2)16(11-10-15(13)17)19-18-12-8-6-5-7-9-12/h3-11H,1-2,17H2. The van der Waals surface area contributed by atoms with Crippen LogP contribution < -0.4 is 5.73 Å². The van der Waals surface area contributed by atoms with Gasteiger partial charge in [-0.1, -0.05) is 43.5 Å². The number of nitrogens with two attached hydrogens (primary N) is 1. The van der Waals surface area contributed by atoms with Crippen molar-refractivity contribution in [3.8, 4) is 0 Å². The fourth-order valence-electron chi connectivity index (χ4n) is 1.78. The first-order valence-corrected chi connectivity index (χ1v) is 5.90. The molecule has 2 aromatic carbocycles. The highest BCUT2D eigenvalue weighted by molar-refractivity contribution is 5.80. The van der Waals surface area contributed by atoms with Gasteiger partial charge >= 0.3 is 0 Å². The average Bonchev–Trinajstić information content (AvgIpc) is 2.46. The molecule has 0 aliphatic rings. The van der Waals surface area contributed by atoms with Gasteiger partial charge in [0.15, 0.2) is 0 Å². The van der Waals surface area contributed by atoms with E-state index in [9.17, 15) is 0 Å². The number of anilines is 1. The number of hydrogen-bond acceptors (Lipinski definition) is 3. The van der Waals surface area contributed by atoms with Crippen molar-refractivity contribution < 1.29 is 0 Å². The van der Waals surface area contributed by atoms with Gasteiger partial charge in [-0.2, -0.15) is 5.11 Å². The van der Waals surface area contributed by atoms with Crippen LogP contribution in [0.15, 0.2) is 65.9 Å². The second kappa shape index (κ2) is 5.78. The normalized spacial score (nSPS) is 10.5. The summed E-state index contributed by atoms with van der Waals surface area (Å²) in [5.41, 5.74) is 9.75. The number of nitrogens with zero attached hydrogens (tertiary/aromatic N) is 2. The van der Waals surface area contributed by atoms with Crippen LogP contribution in [0, 0.1) is 0 Å². The zero-order valence-electron chi connectivity index (χ0n) is 10.6. The quantitative estimate of drug-likeness (QED) is 0.603. The minimum Gasteiger partial charge on any atom is -0.398 e. The third kappa shape index (κ3) is 2.77. The van der Waals surface area contributed by atoms with Gasteiger partial charge in [-0.15, -0.1) is 5.11 Å². The van der Waals surface area contributed by atoms with Crippen molar-refractivity contribution in [3.63, 3.8) is 0 Å². The predicted molar refractivity (Wildman–Crippen MR) is 81.7 cm³/mol. The lowest BCUT2D eigenvalue weighted by molar-refractivity contribution is 1.23. The Morgan fingerprint density at radius 3 is 2.16 bits per heavy atom. The summed E-state index contributed by atoms with van der Waals surface area (Å²) < 4.78 is 0. The Hall–Kier alpha value is -2.68. The molecule has 0 heterocycles. The molecule has 0 unspecified atom stereocenters. The highest BCUT2D eigenvalue weighted by atomic mass is 15.1. The molecule has 0 bridgehead atoms. The van der Waals surface area contributed by atoms with Crippen molar-refractivity contribution in [2.24, 2.45) is 10.2 Å². The van der Waals surface area contributed by atoms with E-state index in [-0.39, 0.29) is 0 Å². The summed E-state index contributed by atoms with van der Waals surface area (Å²) in [6.45, 7) is 7.55. The minimum absolute atomic E-state index is 0.656. The number of rotatable bonds is 4. The summed E-state index contributed by atoms with van der Waals surface area (Å²) in [5.74, 6) is 0. The van der Waals surface area contributed by atoms with Gasteiger partial charge in [0.2, 0.25) is 0 Å². The van der Waals surface area contributed by atoms with Crippen LogP contribution in [0.25, 0.3) is 12.2 Å². The van der Waals surface area contributed by atoms with E-state index in [0.717, 1.165) is 22.5 Å². The van der Waals surface area contributed by atoms with E-state index in [0.29, 0.717) is 5.69 Å². The fraction of sp³-hybridized carbons (Fsp3) is 0. The molecule has 0 fully saturated rings. The van der Waals surface area contributed by atoms with Crippen molar-refractivity contribution in [1.29, 1.82) is 0 Å². The van der Waals surface area contributed by atoms with Crippen LogP contribution in [0.3, 0.4) is 0 Å². The van der Waals surface area contributed by atoms with Gasteiger partial charge in [0.1, 0.15) is 0 Å². The molecule has 19 heavy (non-hydrogen) atoms. The average molecular weight is 249 g/mol. The van der Waals surface area contributed by atoms with Crippen LogP contribution in [-0.2, 0) is 0 Å². The molecule has 0 atom stereocenters. The molecule has 94 valence electrons. The molecule has 0 radical (unpaired) electrons. The van der Waals surface area contributed by atoms with E-state index < -0.39 is 0 Å². The van der Waals surface area contributed by atoms with E-state index in [4.69, 9.17) is 5.73 Å². The molecule has 0 aliphatic carbocycles. The molecule has 2 rings (SSSR count). The second-order valence-electron chi connectivity index (χ2n) is 3.95. The van der Waals surface area contributed by atoms with Crippen LogP contribution in [0.4, 0.5) is 17.1 Å². The summed E-state index contributed by atoms with van der Waals surface area (Å²) in [4.78, 5) is 0. The van der Waals surface area contributed by atoms with Crippen LogP contribution in [-0.4, -0.2) is 0 Å². The molecule has 3 nitrogen and oxygen atoms in total. The van der Waals surface area contributed by atoms with E-state index >= 15 is 0 Å². The Balaban J connectivity index is 2.43. The lowest BCUT2D eigenvalue weighted by Crippen LogP contribution is -1.92. The largest absolute Gasteiger partial charge is 0.398 e. The maximum absolute atomic E-state index is 5.89. The van der Waals surface area contributed by atoms with E-state index in [2.05, 4.69) is 23.4 Å². The van der Waals surface area contributed by atoms with E-state index in [1.165, 1.54) is 0 Å². The molecule has 0 amide bonds. The Bertz CT molecular complexity index is 628. The Morgan fingerprint density at radius 1 is 0.842 bits per heavy atom. The SMILES string of the molecule is C=Cc1c(N)ccc(N=Nc2ccccc2)c1C=C. The van der Waals surface area contributed by atoms with Crippen LogP contribution >= 0.6 is 0 Å². The monoisotopic (exact) mass is 249 g/mol. The number of nitrogen functional groups attached to an aromatic ring is 1. The number of hydrogen-bond donors (Lipinski definition) is 1. The Kier molecular flexibility index (Phi) is 3.88. The lowest BCUT2D eigenvalue weighted by Gasteiger charge is -2.07. The van der Waals surface area contributed by atoms with E-state index in [1.807, 2.05) is 36.4 Å². The van der Waals surface area contributed by atoms with Crippen molar-refractivity contribution >= 4 is 29.2 Å². The molecule has 0 saturated heterocycles. The zero-order valence-corrected chi connectivity index (χ0v) is 10.6. The maximum atomic E-state index is 5.89. The minimum atomic E-state index is 0.656. The van der Waals surface area contributed by atoms with Crippen LogP contribution in [0.1, 0.15) is 11.1 Å². The van der Waals surface area contributed by atoms with Gasteiger partial charge in [-0.3, -0.25) is 0 Å². The van der Waals surface area contributed by atoms with Gasteiger partial charge in [0.25, 0.3) is 0 Å². The van der Waals surface area contributed by atoms with Crippen LogP contribution in [0.2, 0.25) is 0 Å². The molecule has 3 heteroatoms.